The quantitative estimate of drug-likeness (QED) is 0.427. The Hall–Kier alpha value is -3.91. The molecular formula is C25H23ClN4O4. The van der Waals surface area contributed by atoms with Crippen molar-refractivity contribution in [3.05, 3.63) is 80.7 Å². The van der Waals surface area contributed by atoms with E-state index in [0.717, 1.165) is 11.1 Å². The second-order valence-corrected chi connectivity index (χ2v) is 8.35. The number of pyridine rings is 1. The summed E-state index contributed by atoms with van der Waals surface area (Å²) in [5.74, 6) is 0.530. The highest BCUT2D eigenvalue weighted by molar-refractivity contribution is 6.31. The second-order valence-electron chi connectivity index (χ2n) is 7.92. The van der Waals surface area contributed by atoms with Crippen LogP contribution in [0.1, 0.15) is 16.8 Å². The molecule has 174 valence electrons. The average molecular weight is 479 g/mol. The van der Waals surface area contributed by atoms with Gasteiger partial charge in [0.25, 0.3) is 11.4 Å². The van der Waals surface area contributed by atoms with Gasteiger partial charge in [0.2, 0.25) is 11.7 Å². The molecule has 1 amide bonds. The molecule has 34 heavy (non-hydrogen) atoms. The minimum atomic E-state index is -0.411. The summed E-state index contributed by atoms with van der Waals surface area (Å²) in [4.78, 5) is 30.6. The van der Waals surface area contributed by atoms with Gasteiger partial charge in [-0.05, 0) is 50.6 Å². The van der Waals surface area contributed by atoms with E-state index in [4.69, 9.17) is 20.9 Å². The molecule has 1 N–H and O–H groups in total. The van der Waals surface area contributed by atoms with Crippen molar-refractivity contribution in [1.29, 1.82) is 0 Å². The Bertz CT molecular complexity index is 1420. The lowest BCUT2D eigenvalue weighted by molar-refractivity contribution is -0.116. The van der Waals surface area contributed by atoms with E-state index in [0.29, 0.717) is 33.5 Å². The number of nitrogens with one attached hydrogen (secondary N) is 1. The Labute approximate surface area is 201 Å². The van der Waals surface area contributed by atoms with E-state index < -0.39 is 11.5 Å². The normalized spacial score (nSPS) is 10.9. The SMILES string of the molecule is COc1ccc(Cl)cc1NC(=O)Cn1c(C)cc(C)c(-c2nc(-c3ccc(C)cc3)no2)c1=O. The maximum Gasteiger partial charge on any atom is 0.264 e. The molecule has 0 aliphatic rings. The summed E-state index contributed by atoms with van der Waals surface area (Å²) in [5.41, 5.74) is 3.46. The number of amides is 1. The second kappa shape index (κ2) is 9.52. The Morgan fingerprint density at radius 1 is 1.12 bits per heavy atom. The molecule has 0 aliphatic heterocycles. The highest BCUT2D eigenvalue weighted by Gasteiger charge is 2.20. The minimum Gasteiger partial charge on any atom is -0.495 e. The van der Waals surface area contributed by atoms with Crippen LogP contribution >= 0.6 is 11.6 Å². The van der Waals surface area contributed by atoms with Gasteiger partial charge in [0.05, 0.1) is 12.8 Å². The molecule has 0 spiro atoms. The zero-order valence-corrected chi connectivity index (χ0v) is 19.9. The van der Waals surface area contributed by atoms with Crippen LogP contribution in [0.3, 0.4) is 0 Å². The fourth-order valence-electron chi connectivity index (χ4n) is 3.64. The molecule has 0 bridgehead atoms. The minimum absolute atomic E-state index is 0.101. The number of carbonyl (C=O) groups excluding carboxylic acids is 1. The van der Waals surface area contributed by atoms with Gasteiger partial charge in [-0.1, -0.05) is 46.6 Å². The zero-order valence-electron chi connectivity index (χ0n) is 19.2. The summed E-state index contributed by atoms with van der Waals surface area (Å²) >= 11 is 6.04. The molecule has 2 aromatic carbocycles. The lowest BCUT2D eigenvalue weighted by Gasteiger charge is -2.14. The van der Waals surface area contributed by atoms with Gasteiger partial charge in [-0.15, -0.1) is 0 Å². The lowest BCUT2D eigenvalue weighted by atomic mass is 10.1. The first-order chi connectivity index (χ1) is 16.3. The van der Waals surface area contributed by atoms with Crippen molar-refractivity contribution in [2.24, 2.45) is 0 Å². The standard InChI is InChI=1S/C25H23ClN4O4/c1-14-5-7-17(8-6-14)23-28-24(34-29-23)22-15(2)11-16(3)30(25(22)32)13-21(31)27-19-12-18(26)9-10-20(19)33-4/h5-12H,13H2,1-4H3,(H,27,31). The summed E-state index contributed by atoms with van der Waals surface area (Å²) in [5, 5.41) is 7.23. The first-order valence-corrected chi connectivity index (χ1v) is 10.9. The summed E-state index contributed by atoms with van der Waals surface area (Å²) in [6.07, 6.45) is 0. The van der Waals surface area contributed by atoms with E-state index in [1.165, 1.54) is 11.7 Å². The highest BCUT2D eigenvalue weighted by atomic mass is 35.5. The van der Waals surface area contributed by atoms with Gasteiger partial charge >= 0.3 is 0 Å². The molecule has 0 unspecified atom stereocenters. The number of hydrogen-bond donors (Lipinski definition) is 1. The number of carbonyl (C=O) groups is 1. The molecular weight excluding hydrogens is 456 g/mol. The average Bonchev–Trinajstić information content (AvgIpc) is 3.27. The maximum atomic E-state index is 13.4. The van der Waals surface area contributed by atoms with E-state index in [2.05, 4.69) is 15.5 Å². The van der Waals surface area contributed by atoms with E-state index in [1.54, 1.807) is 38.1 Å². The van der Waals surface area contributed by atoms with Crippen molar-refractivity contribution >= 4 is 23.2 Å². The molecule has 9 heteroatoms. The third kappa shape index (κ3) is 4.72. The molecule has 0 saturated heterocycles. The van der Waals surface area contributed by atoms with Crippen LogP contribution in [0.4, 0.5) is 5.69 Å². The molecule has 0 radical (unpaired) electrons. The van der Waals surface area contributed by atoms with E-state index in [1.807, 2.05) is 31.2 Å². The van der Waals surface area contributed by atoms with Gasteiger partial charge in [0.1, 0.15) is 17.9 Å². The summed E-state index contributed by atoms with van der Waals surface area (Å²) < 4.78 is 12.1. The smallest absolute Gasteiger partial charge is 0.264 e. The molecule has 0 saturated carbocycles. The lowest BCUT2D eigenvalue weighted by Crippen LogP contribution is -2.30. The van der Waals surface area contributed by atoms with Crippen LogP contribution in [0.2, 0.25) is 5.02 Å². The maximum absolute atomic E-state index is 13.4. The topological polar surface area (TPSA) is 99.2 Å². The molecule has 0 fully saturated rings. The number of rotatable bonds is 6. The fraction of sp³-hybridized carbons (Fsp3) is 0.200. The van der Waals surface area contributed by atoms with Gasteiger partial charge in [0.15, 0.2) is 0 Å². The van der Waals surface area contributed by atoms with Crippen LogP contribution in [-0.2, 0) is 11.3 Å². The van der Waals surface area contributed by atoms with Crippen molar-refractivity contribution in [2.45, 2.75) is 27.3 Å². The predicted molar refractivity (Wildman–Crippen MR) is 130 cm³/mol. The van der Waals surface area contributed by atoms with E-state index in [9.17, 15) is 9.59 Å². The number of nitrogens with zero attached hydrogens (tertiary/aromatic N) is 3. The molecule has 8 nitrogen and oxygen atoms in total. The third-order valence-electron chi connectivity index (χ3n) is 5.39. The van der Waals surface area contributed by atoms with Crippen molar-refractivity contribution in [2.75, 3.05) is 12.4 Å². The van der Waals surface area contributed by atoms with Gasteiger partial charge < -0.3 is 19.1 Å². The number of aromatic nitrogens is 3. The number of aryl methyl sites for hydroxylation is 3. The summed E-state index contributed by atoms with van der Waals surface area (Å²) in [6.45, 7) is 5.33. The Morgan fingerprint density at radius 2 is 1.85 bits per heavy atom. The van der Waals surface area contributed by atoms with Gasteiger partial charge in [0, 0.05) is 16.3 Å². The van der Waals surface area contributed by atoms with Crippen LogP contribution in [0, 0.1) is 20.8 Å². The monoisotopic (exact) mass is 478 g/mol. The molecule has 4 aromatic rings. The highest BCUT2D eigenvalue weighted by Crippen LogP contribution is 2.28. The Balaban J connectivity index is 1.65. The van der Waals surface area contributed by atoms with Crippen LogP contribution < -0.4 is 15.6 Å². The van der Waals surface area contributed by atoms with Crippen LogP contribution in [0.5, 0.6) is 5.75 Å². The van der Waals surface area contributed by atoms with Gasteiger partial charge in [-0.3, -0.25) is 9.59 Å². The van der Waals surface area contributed by atoms with Crippen molar-refractivity contribution in [3.63, 3.8) is 0 Å². The molecule has 4 rings (SSSR count). The first-order valence-electron chi connectivity index (χ1n) is 10.5. The molecule has 2 aromatic heterocycles. The number of methoxy groups -OCH3 is 1. The van der Waals surface area contributed by atoms with Crippen LogP contribution in [-0.4, -0.2) is 27.7 Å². The largest absolute Gasteiger partial charge is 0.495 e. The van der Waals surface area contributed by atoms with Crippen molar-refractivity contribution in [3.8, 4) is 28.6 Å². The number of halogens is 1. The summed E-state index contributed by atoms with van der Waals surface area (Å²) in [6, 6.07) is 14.4. The van der Waals surface area contributed by atoms with Gasteiger partial charge in [-0.2, -0.15) is 4.98 Å². The number of benzene rings is 2. The third-order valence-corrected chi connectivity index (χ3v) is 5.63. The predicted octanol–water partition coefficient (Wildman–Crippen LogP) is 4.79. The zero-order chi connectivity index (χ0) is 24.4. The first kappa shape index (κ1) is 23.3. The van der Waals surface area contributed by atoms with Crippen molar-refractivity contribution < 1.29 is 14.1 Å². The molecule has 0 atom stereocenters. The van der Waals surface area contributed by atoms with E-state index in [-0.39, 0.29) is 18.0 Å². The Kier molecular flexibility index (Phi) is 6.51. The molecule has 0 aliphatic carbocycles. The number of anilines is 1. The van der Waals surface area contributed by atoms with Crippen LogP contribution in [0.15, 0.2) is 57.8 Å². The van der Waals surface area contributed by atoms with Crippen LogP contribution in [0.25, 0.3) is 22.8 Å². The Morgan fingerprint density at radius 3 is 2.56 bits per heavy atom. The molecule has 2 heterocycles. The number of hydrogen-bond acceptors (Lipinski definition) is 6. The van der Waals surface area contributed by atoms with Gasteiger partial charge in [-0.25, -0.2) is 0 Å². The fourth-order valence-corrected chi connectivity index (χ4v) is 3.81. The summed E-state index contributed by atoms with van der Waals surface area (Å²) in [7, 11) is 1.50. The number of ether oxygens (including phenoxy) is 1. The van der Waals surface area contributed by atoms with Crippen molar-refractivity contribution in [1.82, 2.24) is 14.7 Å². The van der Waals surface area contributed by atoms with E-state index >= 15 is 0 Å².